The molecule has 198 valence electrons. The highest BCUT2D eigenvalue weighted by Gasteiger charge is 2.49. The highest BCUT2D eigenvalue weighted by Crippen LogP contribution is 2.31. The predicted octanol–water partition coefficient (Wildman–Crippen LogP) is 3.70. The fourth-order valence-corrected chi connectivity index (χ4v) is 3.87. The lowest BCUT2D eigenvalue weighted by molar-refractivity contribution is -0.292. The summed E-state index contributed by atoms with van der Waals surface area (Å²) in [6.45, 7) is 2.97. The summed E-state index contributed by atoms with van der Waals surface area (Å²) in [6, 6.07) is 17.9. The summed E-state index contributed by atoms with van der Waals surface area (Å²) in [5, 5.41) is 3.90. The molecule has 0 amide bonds. The molecule has 11 heteroatoms. The lowest BCUT2D eigenvalue weighted by atomic mass is 9.96. The van der Waals surface area contributed by atoms with Crippen molar-refractivity contribution in [2.24, 2.45) is 5.11 Å². The first kappa shape index (κ1) is 28.1. The Labute approximate surface area is 215 Å². The van der Waals surface area contributed by atoms with E-state index in [1.165, 1.54) is 21.0 Å². The number of benzene rings is 2. The summed E-state index contributed by atoms with van der Waals surface area (Å²) in [7, 11) is 1.23. The molecule has 2 aromatic carbocycles. The maximum Gasteiger partial charge on any atom is 0.334 e. The average Bonchev–Trinajstić information content (AvgIpc) is 2.91. The molecule has 6 atom stereocenters. The SMILES string of the molecule is COC(=O)[C@H](C)OC1O[C@H](COC(C)=O)[C@@H](OCc2ccccc2)[C@H](OCc2ccccc2)[C@H]1N=[N+]=[N-]. The largest absolute Gasteiger partial charge is 0.467 e. The third-order valence-electron chi connectivity index (χ3n) is 5.69. The van der Waals surface area contributed by atoms with Crippen molar-refractivity contribution in [1.82, 2.24) is 0 Å². The molecule has 0 aliphatic carbocycles. The van der Waals surface area contributed by atoms with Crippen LogP contribution in [0.15, 0.2) is 65.8 Å². The van der Waals surface area contributed by atoms with Gasteiger partial charge in [-0.15, -0.1) is 0 Å². The Morgan fingerprint density at radius 2 is 1.57 bits per heavy atom. The number of carbonyl (C=O) groups excluding carboxylic acids is 2. The van der Waals surface area contributed by atoms with E-state index >= 15 is 0 Å². The Morgan fingerprint density at radius 3 is 2.08 bits per heavy atom. The van der Waals surface area contributed by atoms with E-state index in [2.05, 4.69) is 10.0 Å². The number of methoxy groups -OCH3 is 1. The molecule has 0 saturated carbocycles. The molecular weight excluding hydrogens is 482 g/mol. The monoisotopic (exact) mass is 513 g/mol. The van der Waals surface area contributed by atoms with E-state index in [0.29, 0.717) is 0 Å². The maximum absolute atomic E-state index is 12.0. The Morgan fingerprint density at radius 1 is 1.00 bits per heavy atom. The minimum atomic E-state index is -1.21. The number of hydrogen-bond acceptors (Lipinski definition) is 9. The first-order valence-corrected chi connectivity index (χ1v) is 11.8. The van der Waals surface area contributed by atoms with Crippen LogP contribution in [0.3, 0.4) is 0 Å². The van der Waals surface area contributed by atoms with Gasteiger partial charge >= 0.3 is 11.9 Å². The van der Waals surface area contributed by atoms with Gasteiger partial charge in [-0.3, -0.25) is 4.79 Å². The lowest BCUT2D eigenvalue weighted by Crippen LogP contribution is -2.61. The zero-order valence-corrected chi connectivity index (χ0v) is 21.0. The molecule has 1 fully saturated rings. The van der Waals surface area contributed by atoms with Crippen LogP contribution in [0.4, 0.5) is 0 Å². The van der Waals surface area contributed by atoms with Crippen molar-refractivity contribution in [3.8, 4) is 0 Å². The summed E-state index contributed by atoms with van der Waals surface area (Å²) >= 11 is 0. The van der Waals surface area contributed by atoms with Crippen LogP contribution in [0.1, 0.15) is 25.0 Å². The molecule has 37 heavy (non-hydrogen) atoms. The van der Waals surface area contributed by atoms with Crippen LogP contribution in [0.5, 0.6) is 0 Å². The van der Waals surface area contributed by atoms with Crippen LogP contribution in [-0.4, -0.2) is 62.4 Å². The van der Waals surface area contributed by atoms with Gasteiger partial charge in [0.05, 0.1) is 20.3 Å². The predicted molar refractivity (Wildman–Crippen MR) is 131 cm³/mol. The van der Waals surface area contributed by atoms with Gasteiger partial charge in [0.2, 0.25) is 0 Å². The van der Waals surface area contributed by atoms with Gasteiger partial charge in [0, 0.05) is 11.8 Å². The van der Waals surface area contributed by atoms with Gasteiger partial charge in [-0.2, -0.15) is 0 Å². The molecule has 0 aromatic heterocycles. The molecule has 0 radical (unpaired) electrons. The van der Waals surface area contributed by atoms with Crippen molar-refractivity contribution in [3.05, 3.63) is 82.2 Å². The molecule has 1 unspecified atom stereocenters. The number of esters is 2. The third-order valence-corrected chi connectivity index (χ3v) is 5.69. The number of ether oxygens (including phenoxy) is 6. The molecule has 0 spiro atoms. The number of hydrogen-bond donors (Lipinski definition) is 0. The van der Waals surface area contributed by atoms with Crippen LogP contribution in [0.25, 0.3) is 10.4 Å². The molecule has 1 aliphatic heterocycles. The second-order valence-electron chi connectivity index (χ2n) is 8.36. The summed E-state index contributed by atoms with van der Waals surface area (Å²) in [4.78, 5) is 26.6. The Balaban J connectivity index is 1.93. The lowest BCUT2D eigenvalue weighted by Gasteiger charge is -2.44. The smallest absolute Gasteiger partial charge is 0.334 e. The molecule has 3 rings (SSSR count). The van der Waals surface area contributed by atoms with Gasteiger partial charge in [-0.25, -0.2) is 4.79 Å². The molecule has 1 saturated heterocycles. The summed E-state index contributed by atoms with van der Waals surface area (Å²) in [5.41, 5.74) is 11.1. The van der Waals surface area contributed by atoms with Crippen molar-refractivity contribution in [2.45, 2.75) is 63.8 Å². The van der Waals surface area contributed by atoms with E-state index in [1.54, 1.807) is 0 Å². The van der Waals surface area contributed by atoms with Gasteiger partial charge < -0.3 is 28.4 Å². The molecule has 2 aromatic rings. The number of rotatable bonds is 12. The summed E-state index contributed by atoms with van der Waals surface area (Å²) < 4.78 is 34.4. The van der Waals surface area contributed by atoms with Crippen molar-refractivity contribution < 1.29 is 38.0 Å². The minimum absolute atomic E-state index is 0.171. The molecular formula is C26H31N3O8. The molecule has 11 nitrogen and oxygen atoms in total. The van der Waals surface area contributed by atoms with Crippen LogP contribution in [0.2, 0.25) is 0 Å². The highest BCUT2D eigenvalue weighted by molar-refractivity contribution is 5.73. The second-order valence-corrected chi connectivity index (χ2v) is 8.36. The summed E-state index contributed by atoms with van der Waals surface area (Å²) in [5.74, 6) is -1.14. The van der Waals surface area contributed by atoms with Crippen LogP contribution >= 0.6 is 0 Å². The quantitative estimate of drug-likeness (QED) is 0.181. The Hall–Kier alpha value is -3.47. The van der Waals surface area contributed by atoms with Gasteiger partial charge in [0.25, 0.3) is 0 Å². The number of azide groups is 1. The zero-order chi connectivity index (χ0) is 26.6. The number of nitrogens with zero attached hydrogens (tertiary/aromatic N) is 3. The minimum Gasteiger partial charge on any atom is -0.467 e. The van der Waals surface area contributed by atoms with E-state index in [4.69, 9.17) is 28.4 Å². The summed E-state index contributed by atoms with van der Waals surface area (Å²) in [6.07, 6.45) is -4.77. The Bertz CT molecular complexity index is 1050. The van der Waals surface area contributed by atoms with Crippen molar-refractivity contribution in [3.63, 3.8) is 0 Å². The van der Waals surface area contributed by atoms with E-state index in [0.717, 1.165) is 11.1 Å². The van der Waals surface area contributed by atoms with Gasteiger partial charge in [-0.05, 0) is 23.6 Å². The van der Waals surface area contributed by atoms with Gasteiger partial charge in [0.15, 0.2) is 12.4 Å². The van der Waals surface area contributed by atoms with Crippen LogP contribution in [-0.2, 0) is 51.2 Å². The average molecular weight is 514 g/mol. The van der Waals surface area contributed by atoms with Gasteiger partial charge in [0.1, 0.15) is 31.0 Å². The van der Waals surface area contributed by atoms with E-state index in [1.807, 2.05) is 60.7 Å². The van der Waals surface area contributed by atoms with Gasteiger partial charge in [-0.1, -0.05) is 65.8 Å². The van der Waals surface area contributed by atoms with Crippen molar-refractivity contribution >= 4 is 11.9 Å². The van der Waals surface area contributed by atoms with E-state index in [-0.39, 0.29) is 19.8 Å². The van der Waals surface area contributed by atoms with Crippen LogP contribution in [0, 0.1) is 0 Å². The fraction of sp³-hybridized carbons (Fsp3) is 0.462. The highest BCUT2D eigenvalue weighted by atomic mass is 16.7. The van der Waals surface area contributed by atoms with E-state index < -0.39 is 48.7 Å². The zero-order valence-electron chi connectivity index (χ0n) is 21.0. The molecule has 1 heterocycles. The molecule has 1 aliphatic rings. The van der Waals surface area contributed by atoms with Crippen molar-refractivity contribution in [1.29, 1.82) is 0 Å². The first-order chi connectivity index (χ1) is 17.9. The maximum atomic E-state index is 12.0. The topological polar surface area (TPSA) is 138 Å². The third kappa shape index (κ3) is 8.28. The second kappa shape index (κ2) is 14.3. The number of carbonyl (C=O) groups is 2. The standard InChI is InChI=1S/C26H31N3O8/c1-17(25(31)32-3)36-26-22(28-29-27)24(35-15-20-12-8-5-9-13-20)23(21(37-26)16-33-18(2)30)34-14-19-10-6-4-7-11-19/h4-13,17,21-24,26H,14-16H2,1-3H3/t17-,21+,22+,23+,24+,26?/m0/s1. The first-order valence-electron chi connectivity index (χ1n) is 11.8. The normalized spacial score (nSPS) is 23.9. The fourth-order valence-electron chi connectivity index (χ4n) is 3.87. The van der Waals surface area contributed by atoms with Crippen molar-refractivity contribution in [2.75, 3.05) is 13.7 Å². The van der Waals surface area contributed by atoms with Crippen LogP contribution < -0.4 is 0 Å². The molecule has 0 bridgehead atoms. The molecule has 0 N–H and O–H groups in total. The van der Waals surface area contributed by atoms with E-state index in [9.17, 15) is 15.1 Å². The Kier molecular flexibility index (Phi) is 10.9.